The molecule has 3 amide bonds. The summed E-state index contributed by atoms with van der Waals surface area (Å²) in [4.78, 5) is 48.3. The van der Waals surface area contributed by atoms with Crippen molar-refractivity contribution in [2.24, 2.45) is 10.4 Å². The number of nitrogens with zero attached hydrogens (tertiary/aromatic N) is 4. The Morgan fingerprint density at radius 2 is 1.69 bits per heavy atom. The molecule has 1 aromatic carbocycles. The van der Waals surface area contributed by atoms with Crippen molar-refractivity contribution in [3.8, 4) is 0 Å². The summed E-state index contributed by atoms with van der Waals surface area (Å²) in [5.74, 6) is -0.427. The molecule has 1 N–H and O–H groups in total. The molecule has 9 heteroatoms. The minimum absolute atomic E-state index is 0.0258. The first-order chi connectivity index (χ1) is 16.7. The topological polar surface area (TPSA) is 85.3 Å². The molecule has 0 radical (unpaired) electrons. The first-order valence-electron chi connectivity index (χ1n) is 12.6. The van der Waals surface area contributed by atoms with Crippen LogP contribution >= 0.6 is 11.8 Å². The molecular formula is C26H37N5O3S. The highest BCUT2D eigenvalue weighted by Crippen LogP contribution is 2.29. The molecule has 35 heavy (non-hydrogen) atoms. The van der Waals surface area contributed by atoms with Gasteiger partial charge in [0.15, 0.2) is 5.17 Å². The van der Waals surface area contributed by atoms with Gasteiger partial charge in [-0.1, -0.05) is 32.5 Å². The second-order valence-electron chi connectivity index (χ2n) is 10.8. The summed E-state index contributed by atoms with van der Waals surface area (Å²) in [7, 11) is 0. The van der Waals surface area contributed by atoms with Gasteiger partial charge in [-0.25, -0.2) is 0 Å². The molecule has 190 valence electrons. The Balaban J connectivity index is 1.22. The third kappa shape index (κ3) is 7.07. The predicted octanol–water partition coefficient (Wildman–Crippen LogP) is 3.30. The fraction of sp³-hybridized carbons (Fsp3) is 0.615. The monoisotopic (exact) mass is 499 g/mol. The van der Waals surface area contributed by atoms with E-state index in [9.17, 15) is 14.4 Å². The average molecular weight is 500 g/mol. The van der Waals surface area contributed by atoms with E-state index in [2.05, 4.69) is 40.9 Å². The maximum absolute atomic E-state index is 12.9. The van der Waals surface area contributed by atoms with Crippen LogP contribution in [0.15, 0.2) is 29.3 Å². The zero-order valence-electron chi connectivity index (χ0n) is 21.1. The minimum atomic E-state index is -0.464. The molecule has 3 aliphatic rings. The van der Waals surface area contributed by atoms with E-state index in [1.807, 2.05) is 4.90 Å². The van der Waals surface area contributed by atoms with E-state index in [0.717, 1.165) is 70.2 Å². The van der Waals surface area contributed by atoms with Crippen molar-refractivity contribution in [3.63, 3.8) is 0 Å². The van der Waals surface area contributed by atoms with Crippen LogP contribution in [0.25, 0.3) is 0 Å². The lowest BCUT2D eigenvalue weighted by molar-refractivity contribution is -0.121. The zero-order valence-corrected chi connectivity index (χ0v) is 21.9. The molecule has 1 aromatic rings. The van der Waals surface area contributed by atoms with Crippen LogP contribution in [-0.4, -0.2) is 88.7 Å². The Morgan fingerprint density at radius 3 is 2.31 bits per heavy atom. The van der Waals surface area contributed by atoms with Crippen LogP contribution in [0.1, 0.15) is 56.8 Å². The molecule has 2 fully saturated rings. The number of amides is 3. The van der Waals surface area contributed by atoms with Crippen molar-refractivity contribution in [3.05, 3.63) is 29.8 Å². The number of carbonyl (C=O) groups excluding carboxylic acids is 3. The lowest BCUT2D eigenvalue weighted by Crippen LogP contribution is -2.49. The third-order valence-corrected chi connectivity index (χ3v) is 7.94. The molecule has 0 aliphatic carbocycles. The Morgan fingerprint density at radius 1 is 1.03 bits per heavy atom. The van der Waals surface area contributed by atoms with Gasteiger partial charge in [-0.05, 0) is 55.5 Å². The van der Waals surface area contributed by atoms with Gasteiger partial charge in [-0.3, -0.25) is 19.3 Å². The second kappa shape index (κ2) is 11.1. The molecule has 3 heterocycles. The lowest BCUT2D eigenvalue weighted by Gasteiger charge is -2.36. The van der Waals surface area contributed by atoms with E-state index in [1.54, 1.807) is 24.3 Å². The number of aliphatic imine (C=N–C) groups is 1. The largest absolute Gasteiger partial charge is 0.351 e. The van der Waals surface area contributed by atoms with Gasteiger partial charge in [0.25, 0.3) is 11.8 Å². The number of likely N-dealkylation sites (tertiary alicyclic amines) is 1. The normalized spacial score (nSPS) is 21.4. The second-order valence-corrected chi connectivity index (χ2v) is 12.0. The molecule has 4 rings (SSSR count). The highest BCUT2D eigenvalue weighted by molar-refractivity contribution is 8.15. The molecule has 8 nitrogen and oxygen atoms in total. The average Bonchev–Trinajstić information content (AvgIpc) is 3.48. The molecule has 0 spiro atoms. The summed E-state index contributed by atoms with van der Waals surface area (Å²) in [6.07, 6.45) is 3.47. The maximum atomic E-state index is 12.9. The van der Waals surface area contributed by atoms with Gasteiger partial charge in [0, 0.05) is 56.9 Å². The predicted molar refractivity (Wildman–Crippen MR) is 141 cm³/mol. The fourth-order valence-electron chi connectivity index (χ4n) is 4.48. The number of amidine groups is 1. The number of thioether (sulfide) groups is 1. The Bertz CT molecular complexity index is 958. The Hall–Kier alpha value is -2.39. The summed E-state index contributed by atoms with van der Waals surface area (Å²) < 4.78 is 0. The van der Waals surface area contributed by atoms with Crippen molar-refractivity contribution >= 4 is 40.3 Å². The van der Waals surface area contributed by atoms with Crippen LogP contribution in [0, 0.1) is 5.41 Å². The van der Waals surface area contributed by atoms with E-state index in [4.69, 9.17) is 0 Å². The van der Waals surface area contributed by atoms with Gasteiger partial charge in [-0.15, -0.1) is 0 Å². The number of benzene rings is 1. The Labute approximate surface area is 212 Å². The number of rotatable bonds is 6. The molecule has 2 saturated heterocycles. The number of hydrogen-bond acceptors (Lipinski definition) is 6. The van der Waals surface area contributed by atoms with Crippen molar-refractivity contribution in [1.82, 2.24) is 14.7 Å². The highest BCUT2D eigenvalue weighted by atomic mass is 32.2. The van der Waals surface area contributed by atoms with Crippen molar-refractivity contribution < 1.29 is 14.4 Å². The minimum Gasteiger partial charge on any atom is -0.351 e. The highest BCUT2D eigenvalue weighted by Gasteiger charge is 2.33. The van der Waals surface area contributed by atoms with Gasteiger partial charge >= 0.3 is 0 Å². The van der Waals surface area contributed by atoms with E-state index < -0.39 is 5.25 Å². The van der Waals surface area contributed by atoms with Crippen LogP contribution in [0.3, 0.4) is 0 Å². The van der Waals surface area contributed by atoms with Gasteiger partial charge in [0.05, 0.1) is 0 Å². The first-order valence-corrected chi connectivity index (χ1v) is 13.5. The summed E-state index contributed by atoms with van der Waals surface area (Å²) in [5, 5.41) is 3.14. The van der Waals surface area contributed by atoms with Gasteiger partial charge in [-0.2, -0.15) is 4.99 Å². The van der Waals surface area contributed by atoms with Gasteiger partial charge in [0.2, 0.25) is 5.91 Å². The number of piperazine rings is 1. The molecule has 1 unspecified atom stereocenters. The summed E-state index contributed by atoms with van der Waals surface area (Å²) >= 11 is 1.39. The fourth-order valence-corrected chi connectivity index (χ4v) is 5.60. The van der Waals surface area contributed by atoms with Crippen LogP contribution < -0.4 is 5.32 Å². The zero-order chi connectivity index (χ0) is 25.0. The van der Waals surface area contributed by atoms with E-state index >= 15 is 0 Å². The quantitative estimate of drug-likeness (QED) is 0.647. The Kier molecular flexibility index (Phi) is 8.16. The first kappa shape index (κ1) is 25.7. The van der Waals surface area contributed by atoms with Gasteiger partial charge < -0.3 is 15.1 Å². The summed E-state index contributed by atoms with van der Waals surface area (Å²) in [5.41, 5.74) is 1.56. The van der Waals surface area contributed by atoms with Crippen molar-refractivity contribution in [2.45, 2.75) is 51.7 Å². The summed E-state index contributed by atoms with van der Waals surface area (Å²) in [6.45, 7) is 13.0. The van der Waals surface area contributed by atoms with E-state index in [-0.39, 0.29) is 24.1 Å². The third-order valence-electron chi connectivity index (χ3n) is 6.73. The van der Waals surface area contributed by atoms with E-state index in [0.29, 0.717) is 16.7 Å². The summed E-state index contributed by atoms with van der Waals surface area (Å²) in [6, 6.07) is 7.02. The molecule has 1 atom stereocenters. The van der Waals surface area contributed by atoms with E-state index in [1.165, 1.54) is 11.8 Å². The van der Waals surface area contributed by atoms with Crippen LogP contribution in [-0.2, 0) is 9.59 Å². The molecular weight excluding hydrogens is 462 g/mol. The molecule has 0 saturated carbocycles. The number of hydrogen-bond donors (Lipinski definition) is 1. The molecule has 0 bridgehead atoms. The lowest BCUT2D eigenvalue weighted by atomic mass is 9.92. The van der Waals surface area contributed by atoms with Crippen LogP contribution in [0.2, 0.25) is 0 Å². The number of anilines is 1. The van der Waals surface area contributed by atoms with Gasteiger partial charge in [0.1, 0.15) is 5.25 Å². The molecule has 3 aliphatic heterocycles. The maximum Gasteiger partial charge on any atom is 0.262 e. The number of carbonyl (C=O) groups is 3. The van der Waals surface area contributed by atoms with Crippen molar-refractivity contribution in [1.29, 1.82) is 0 Å². The SMILES string of the molecule is CC(C)(C)CCN1CCN(C(=O)c2ccc(NC(=O)CC3SC(N4CCCC4)=NC3=O)cc2)CC1. The van der Waals surface area contributed by atoms with Crippen LogP contribution in [0.4, 0.5) is 5.69 Å². The standard InChI is InChI=1S/C26H37N5O3S/c1-26(2,3)10-13-29-14-16-30(17-15-29)24(34)19-6-8-20(9-7-19)27-22(32)18-21-23(33)28-25(35-21)31-11-4-5-12-31/h6-9,21H,4-5,10-18H2,1-3H3,(H,27,32). The smallest absolute Gasteiger partial charge is 0.262 e. The van der Waals surface area contributed by atoms with Crippen molar-refractivity contribution in [2.75, 3.05) is 51.1 Å². The number of nitrogens with one attached hydrogen (secondary N) is 1. The molecule has 0 aromatic heterocycles. The van der Waals surface area contributed by atoms with Crippen LogP contribution in [0.5, 0.6) is 0 Å².